The van der Waals surface area contributed by atoms with Crippen LogP contribution in [0, 0.1) is 11.8 Å². The number of amides is 2. The lowest BCUT2D eigenvalue weighted by Gasteiger charge is -2.20. The molecular weight excluding hydrogens is 434 g/mol. The summed E-state index contributed by atoms with van der Waals surface area (Å²) in [5.41, 5.74) is 1.09. The van der Waals surface area contributed by atoms with Crippen LogP contribution in [0.25, 0.3) is 0 Å². The van der Waals surface area contributed by atoms with E-state index in [9.17, 15) is 14.7 Å². The zero-order chi connectivity index (χ0) is 24.3. The summed E-state index contributed by atoms with van der Waals surface area (Å²) in [7, 11) is 1.62. The van der Waals surface area contributed by atoms with Crippen LogP contribution in [0.2, 0.25) is 0 Å². The molecule has 3 aromatic rings. The minimum atomic E-state index is -1.13. The van der Waals surface area contributed by atoms with Crippen LogP contribution in [0.15, 0.2) is 54.9 Å². The first-order chi connectivity index (χ1) is 16.2. The van der Waals surface area contributed by atoms with Crippen LogP contribution >= 0.6 is 0 Å². The lowest BCUT2D eigenvalue weighted by Crippen LogP contribution is -2.49. The van der Waals surface area contributed by atoms with E-state index in [2.05, 4.69) is 27.2 Å². The van der Waals surface area contributed by atoms with Crippen molar-refractivity contribution >= 4 is 17.5 Å². The lowest BCUT2D eigenvalue weighted by molar-refractivity contribution is -0.120. The monoisotopic (exact) mass is 459 g/mol. The minimum absolute atomic E-state index is 0.0303. The molecule has 9 heteroatoms. The largest absolute Gasteiger partial charge is 0.489 e. The molecule has 1 aliphatic heterocycles. The molecular formula is C25H25N5O4. The Morgan fingerprint density at radius 3 is 2.76 bits per heavy atom. The second-order valence-corrected chi connectivity index (χ2v) is 8.48. The molecule has 0 unspecified atom stereocenters. The molecule has 2 N–H and O–H groups in total. The fourth-order valence-corrected chi connectivity index (χ4v) is 3.38. The molecule has 1 atom stereocenters. The van der Waals surface area contributed by atoms with Crippen molar-refractivity contribution in [1.29, 1.82) is 0 Å². The van der Waals surface area contributed by atoms with Crippen LogP contribution < -0.4 is 15.0 Å². The van der Waals surface area contributed by atoms with Crippen LogP contribution in [0.3, 0.4) is 0 Å². The lowest BCUT2D eigenvalue weighted by atomic mass is 10.1. The molecule has 0 radical (unpaired) electrons. The Morgan fingerprint density at radius 1 is 1.26 bits per heavy atom. The van der Waals surface area contributed by atoms with Crippen molar-refractivity contribution in [3.05, 3.63) is 71.8 Å². The number of carbonyl (C=O) groups excluding carboxylic acids is 2. The number of carbonyl (C=O) groups is 2. The molecule has 0 spiro atoms. The number of hydrogen-bond donors (Lipinski definition) is 2. The molecule has 2 amide bonds. The molecule has 1 aromatic heterocycles. The second kappa shape index (κ2) is 9.37. The van der Waals surface area contributed by atoms with Gasteiger partial charge in [-0.1, -0.05) is 42.2 Å². The number of hydrogen-bond acceptors (Lipinski definition) is 6. The van der Waals surface area contributed by atoms with E-state index in [4.69, 9.17) is 4.74 Å². The van der Waals surface area contributed by atoms with E-state index in [1.165, 1.54) is 11.2 Å². The topological polar surface area (TPSA) is 110 Å². The molecule has 1 aliphatic rings. The molecule has 0 fully saturated rings. The molecule has 2 heterocycles. The summed E-state index contributed by atoms with van der Waals surface area (Å²) in [6.45, 7) is 3.61. The van der Waals surface area contributed by atoms with Crippen molar-refractivity contribution in [2.24, 2.45) is 0 Å². The summed E-state index contributed by atoms with van der Waals surface area (Å²) in [6, 6.07) is 13.9. The van der Waals surface area contributed by atoms with Crippen LogP contribution in [-0.4, -0.2) is 57.0 Å². The number of nitrogens with zero attached hydrogens (tertiary/aromatic N) is 4. The number of ether oxygens (including phenoxy) is 1. The maximum atomic E-state index is 13.0. The highest BCUT2D eigenvalue weighted by Gasteiger charge is 2.31. The smallest absolute Gasteiger partial charge is 0.291 e. The maximum Gasteiger partial charge on any atom is 0.291 e. The van der Waals surface area contributed by atoms with Crippen LogP contribution in [-0.2, 0) is 11.3 Å². The van der Waals surface area contributed by atoms with Crippen molar-refractivity contribution in [3.63, 3.8) is 0 Å². The summed E-state index contributed by atoms with van der Waals surface area (Å²) in [5.74, 6) is 5.18. The number of benzene rings is 2. The van der Waals surface area contributed by atoms with Gasteiger partial charge < -0.3 is 20.1 Å². The van der Waals surface area contributed by atoms with E-state index in [1.807, 2.05) is 30.3 Å². The summed E-state index contributed by atoms with van der Waals surface area (Å²) >= 11 is 0. The molecule has 0 aliphatic carbocycles. The van der Waals surface area contributed by atoms with Gasteiger partial charge in [0.25, 0.3) is 11.8 Å². The van der Waals surface area contributed by atoms with Gasteiger partial charge in [-0.15, -0.1) is 5.10 Å². The zero-order valence-corrected chi connectivity index (χ0v) is 19.1. The molecule has 0 saturated carbocycles. The maximum absolute atomic E-state index is 13.0. The van der Waals surface area contributed by atoms with Crippen molar-refractivity contribution in [2.75, 3.05) is 18.6 Å². The number of aromatic nitrogens is 3. The predicted octanol–water partition coefficient (Wildman–Crippen LogP) is 1.60. The zero-order valence-electron chi connectivity index (χ0n) is 19.1. The Labute approximate surface area is 197 Å². The third kappa shape index (κ3) is 5.42. The van der Waals surface area contributed by atoms with Crippen molar-refractivity contribution in [1.82, 2.24) is 20.1 Å². The highest BCUT2D eigenvalue weighted by molar-refractivity contribution is 6.02. The summed E-state index contributed by atoms with van der Waals surface area (Å²) in [6.07, 6.45) is 1.48. The van der Waals surface area contributed by atoms with Crippen LogP contribution in [0.1, 0.15) is 35.6 Å². The molecule has 9 nitrogen and oxygen atoms in total. The average molecular weight is 460 g/mol. The highest BCUT2D eigenvalue weighted by atomic mass is 16.5. The van der Waals surface area contributed by atoms with Gasteiger partial charge >= 0.3 is 0 Å². The number of rotatable bonds is 4. The van der Waals surface area contributed by atoms with Crippen LogP contribution in [0.5, 0.6) is 5.75 Å². The second-order valence-electron chi connectivity index (χ2n) is 8.48. The highest BCUT2D eigenvalue weighted by Crippen LogP contribution is 2.31. The summed E-state index contributed by atoms with van der Waals surface area (Å²) in [4.78, 5) is 31.2. The Bertz CT molecular complexity index is 1270. The number of likely N-dealkylation sites (N-methyl/N-ethyl adjacent to an activating group) is 1. The summed E-state index contributed by atoms with van der Waals surface area (Å²) < 4.78 is 7.41. The first-order valence-corrected chi connectivity index (χ1v) is 10.7. The number of fused-ring (bicyclic) bond motifs is 1. The van der Waals surface area contributed by atoms with E-state index in [-0.39, 0.29) is 18.3 Å². The molecule has 0 saturated heterocycles. The first-order valence-electron chi connectivity index (χ1n) is 10.7. The van der Waals surface area contributed by atoms with E-state index >= 15 is 0 Å². The number of nitrogens with one attached hydrogen (secondary N) is 1. The van der Waals surface area contributed by atoms with Crippen molar-refractivity contribution in [3.8, 4) is 17.6 Å². The average Bonchev–Trinajstić information content (AvgIpc) is 3.24. The fraction of sp³-hybridized carbons (Fsp3) is 0.280. The first kappa shape index (κ1) is 23.0. The fourth-order valence-electron chi connectivity index (χ4n) is 3.38. The van der Waals surface area contributed by atoms with E-state index in [1.54, 1.807) is 43.8 Å². The predicted molar refractivity (Wildman–Crippen MR) is 125 cm³/mol. The van der Waals surface area contributed by atoms with Gasteiger partial charge in [-0.3, -0.25) is 9.59 Å². The van der Waals surface area contributed by atoms with Gasteiger partial charge in [-0.25, -0.2) is 9.67 Å². The van der Waals surface area contributed by atoms with E-state index in [0.29, 0.717) is 23.5 Å². The van der Waals surface area contributed by atoms with Crippen molar-refractivity contribution in [2.45, 2.75) is 32.0 Å². The molecule has 174 valence electrons. The molecule has 2 aromatic carbocycles. The minimum Gasteiger partial charge on any atom is -0.489 e. The number of anilines is 1. The molecule has 34 heavy (non-hydrogen) atoms. The third-order valence-corrected chi connectivity index (χ3v) is 5.10. The normalized spacial score (nSPS) is 15.5. The van der Waals surface area contributed by atoms with E-state index in [0.717, 1.165) is 5.56 Å². The summed E-state index contributed by atoms with van der Waals surface area (Å²) in [5, 5.41) is 16.7. The Balaban J connectivity index is 1.45. The molecule has 4 rings (SSSR count). The standard InChI is InChI=1S/C25H25N5O4/c1-25(2,33)12-11-17-9-10-20-21(13-17)34-15-19(24(32)29(20)3)27-23(31)22-26-16-30(28-22)14-18-7-5-4-6-8-18/h4-10,13,16,19,33H,14-15H2,1-3H3,(H,27,31)/t19-/m0/s1. The van der Waals surface area contributed by atoms with Gasteiger partial charge in [0.05, 0.1) is 12.2 Å². The Kier molecular flexibility index (Phi) is 6.34. The van der Waals surface area contributed by atoms with Gasteiger partial charge in [-0.2, -0.15) is 0 Å². The molecule has 0 bridgehead atoms. The third-order valence-electron chi connectivity index (χ3n) is 5.10. The van der Waals surface area contributed by atoms with Gasteiger partial charge in [0.2, 0.25) is 5.82 Å². The SMILES string of the molecule is CN1C(=O)[C@@H](NC(=O)c2ncn(Cc3ccccc3)n2)COc2cc(C#CC(C)(C)O)ccc21. The van der Waals surface area contributed by atoms with Gasteiger partial charge in [0.15, 0.2) is 0 Å². The van der Waals surface area contributed by atoms with Gasteiger partial charge in [0.1, 0.15) is 30.3 Å². The Morgan fingerprint density at radius 2 is 2.03 bits per heavy atom. The van der Waals surface area contributed by atoms with Crippen molar-refractivity contribution < 1.29 is 19.4 Å². The quantitative estimate of drug-likeness (QED) is 0.574. The number of aliphatic hydroxyl groups is 1. The van der Waals surface area contributed by atoms with Crippen LogP contribution in [0.4, 0.5) is 5.69 Å². The van der Waals surface area contributed by atoms with E-state index < -0.39 is 17.6 Å². The van der Waals surface area contributed by atoms with Gasteiger partial charge in [0, 0.05) is 12.6 Å². The Hall–Kier alpha value is -4.16. The van der Waals surface area contributed by atoms with Gasteiger partial charge in [-0.05, 0) is 37.6 Å².